The molecule has 2 unspecified atom stereocenters. The second kappa shape index (κ2) is 5.48. The lowest BCUT2D eigenvalue weighted by Crippen LogP contribution is -2.56. The maximum absolute atomic E-state index is 6.37. The van der Waals surface area contributed by atoms with Crippen LogP contribution in [0.4, 0.5) is 0 Å². The Labute approximate surface area is 123 Å². The average molecular weight is 308 g/mol. The maximum atomic E-state index is 6.37. The van der Waals surface area contributed by atoms with E-state index >= 15 is 0 Å². The third-order valence-corrected chi connectivity index (χ3v) is 5.39. The Morgan fingerprint density at radius 2 is 1.78 bits per heavy atom. The van der Waals surface area contributed by atoms with Crippen molar-refractivity contribution in [2.45, 2.75) is 44.6 Å². The van der Waals surface area contributed by atoms with Gasteiger partial charge in [0.2, 0.25) is 0 Å². The quantitative estimate of drug-likeness (QED) is 0.662. The van der Waals surface area contributed by atoms with Gasteiger partial charge < -0.3 is 4.74 Å². The van der Waals surface area contributed by atoms with Crippen molar-refractivity contribution < 1.29 is 4.74 Å². The van der Waals surface area contributed by atoms with Crippen LogP contribution in [0.5, 0.6) is 5.75 Å². The van der Waals surface area contributed by atoms with Gasteiger partial charge in [0.1, 0.15) is 6.10 Å². The zero-order valence-corrected chi connectivity index (χ0v) is 12.8. The molecule has 0 aliphatic heterocycles. The molecule has 0 amide bonds. The van der Waals surface area contributed by atoms with Crippen molar-refractivity contribution in [1.29, 1.82) is 0 Å². The summed E-state index contributed by atoms with van der Waals surface area (Å²) in [5, 5.41) is 1.29. The largest absolute Gasteiger partial charge is 0.487 e. The van der Waals surface area contributed by atoms with Gasteiger partial charge in [-0.2, -0.15) is 0 Å². The summed E-state index contributed by atoms with van der Waals surface area (Å²) in [6, 6.07) is 5.40. The van der Waals surface area contributed by atoms with Gasteiger partial charge in [-0.15, -0.1) is 11.6 Å². The fourth-order valence-corrected chi connectivity index (χ4v) is 3.85. The van der Waals surface area contributed by atoms with Gasteiger partial charge in [0.05, 0.1) is 10.0 Å². The van der Waals surface area contributed by atoms with E-state index in [0.29, 0.717) is 15.8 Å². The Hall–Kier alpha value is -0.110. The smallest absolute Gasteiger partial charge is 0.156 e. The van der Waals surface area contributed by atoms with Gasteiger partial charge >= 0.3 is 0 Å². The lowest BCUT2D eigenvalue weighted by molar-refractivity contribution is -0.0460. The van der Waals surface area contributed by atoms with Crippen LogP contribution in [0.15, 0.2) is 18.2 Å². The molecular formula is C14H17Cl3O. The SMILES string of the molecule is CCC1(CC)C(Cl)CC1Oc1c(Cl)cccc1Cl. The van der Waals surface area contributed by atoms with Crippen molar-refractivity contribution in [1.82, 2.24) is 0 Å². The fourth-order valence-electron chi connectivity index (χ4n) is 2.75. The van der Waals surface area contributed by atoms with Gasteiger partial charge in [-0.25, -0.2) is 0 Å². The first kappa shape index (κ1) is 14.3. The molecule has 0 spiro atoms. The molecule has 4 heteroatoms. The summed E-state index contributed by atoms with van der Waals surface area (Å²) >= 11 is 18.6. The van der Waals surface area contributed by atoms with Gasteiger partial charge in [0.15, 0.2) is 5.75 Å². The van der Waals surface area contributed by atoms with Crippen LogP contribution in [0.25, 0.3) is 0 Å². The number of halogens is 3. The van der Waals surface area contributed by atoms with Crippen molar-refractivity contribution in [3.63, 3.8) is 0 Å². The lowest BCUT2D eigenvalue weighted by Gasteiger charge is -2.52. The molecule has 1 aliphatic rings. The predicted octanol–water partition coefficient (Wildman–Crippen LogP) is 5.56. The second-order valence-electron chi connectivity index (χ2n) is 4.80. The highest BCUT2D eigenvalue weighted by atomic mass is 35.5. The van der Waals surface area contributed by atoms with Crippen LogP contribution in [0, 0.1) is 5.41 Å². The number of hydrogen-bond donors (Lipinski definition) is 0. The molecule has 1 nitrogen and oxygen atoms in total. The monoisotopic (exact) mass is 306 g/mol. The minimum atomic E-state index is 0.0457. The Morgan fingerprint density at radius 1 is 1.22 bits per heavy atom. The molecule has 0 N–H and O–H groups in total. The Balaban J connectivity index is 2.20. The Bertz CT molecular complexity index is 409. The van der Waals surface area contributed by atoms with E-state index in [1.165, 1.54) is 0 Å². The van der Waals surface area contributed by atoms with Crippen molar-refractivity contribution >= 4 is 34.8 Å². The van der Waals surface area contributed by atoms with Gasteiger partial charge in [0.25, 0.3) is 0 Å². The summed E-state index contributed by atoms with van der Waals surface area (Å²) in [6.07, 6.45) is 2.96. The normalized spacial score (nSPS) is 25.6. The van der Waals surface area contributed by atoms with Crippen LogP contribution >= 0.6 is 34.8 Å². The van der Waals surface area contributed by atoms with Crippen molar-refractivity contribution in [3.05, 3.63) is 28.2 Å². The van der Waals surface area contributed by atoms with E-state index in [2.05, 4.69) is 13.8 Å². The van der Waals surface area contributed by atoms with Crippen molar-refractivity contribution in [2.24, 2.45) is 5.41 Å². The molecule has 0 bridgehead atoms. The number of para-hydroxylation sites is 1. The number of hydrogen-bond acceptors (Lipinski definition) is 1. The molecule has 1 aromatic carbocycles. The number of benzene rings is 1. The van der Waals surface area contributed by atoms with Gasteiger partial charge in [0, 0.05) is 17.2 Å². The molecular weight excluding hydrogens is 291 g/mol. The molecule has 2 atom stereocenters. The molecule has 18 heavy (non-hydrogen) atoms. The number of alkyl halides is 1. The van der Waals surface area contributed by atoms with Crippen molar-refractivity contribution in [2.75, 3.05) is 0 Å². The molecule has 0 heterocycles. The van der Waals surface area contributed by atoms with Crippen LogP contribution in [-0.2, 0) is 0 Å². The zero-order chi connectivity index (χ0) is 13.3. The molecule has 100 valence electrons. The zero-order valence-electron chi connectivity index (χ0n) is 10.6. The summed E-state index contributed by atoms with van der Waals surface area (Å²) < 4.78 is 6.03. The lowest BCUT2D eigenvalue weighted by atomic mass is 9.62. The summed E-state index contributed by atoms with van der Waals surface area (Å²) in [7, 11) is 0. The first-order valence-corrected chi connectivity index (χ1v) is 7.49. The van der Waals surface area contributed by atoms with Gasteiger partial charge in [-0.1, -0.05) is 43.1 Å². The highest BCUT2D eigenvalue weighted by Gasteiger charge is 2.53. The van der Waals surface area contributed by atoms with E-state index in [1.807, 2.05) is 6.07 Å². The minimum Gasteiger partial charge on any atom is -0.487 e. The number of ether oxygens (including phenoxy) is 1. The van der Waals surface area contributed by atoms with E-state index < -0.39 is 0 Å². The van der Waals surface area contributed by atoms with Crippen LogP contribution in [0.2, 0.25) is 10.0 Å². The summed E-state index contributed by atoms with van der Waals surface area (Å²) in [5.41, 5.74) is 0.0457. The molecule has 1 fully saturated rings. The molecule has 1 aromatic rings. The van der Waals surface area contributed by atoms with Gasteiger partial charge in [-0.3, -0.25) is 0 Å². The third-order valence-electron chi connectivity index (χ3n) is 4.18. The molecule has 2 rings (SSSR count). The van der Waals surface area contributed by atoms with Crippen LogP contribution < -0.4 is 4.74 Å². The molecule has 1 saturated carbocycles. The molecule has 0 saturated heterocycles. The Morgan fingerprint density at radius 3 is 2.22 bits per heavy atom. The van der Waals surface area contributed by atoms with E-state index in [9.17, 15) is 0 Å². The maximum Gasteiger partial charge on any atom is 0.156 e. The van der Waals surface area contributed by atoms with E-state index in [-0.39, 0.29) is 16.9 Å². The topological polar surface area (TPSA) is 9.23 Å². The van der Waals surface area contributed by atoms with Crippen LogP contribution in [0.3, 0.4) is 0 Å². The van der Waals surface area contributed by atoms with Crippen LogP contribution in [-0.4, -0.2) is 11.5 Å². The minimum absolute atomic E-state index is 0.0457. The summed E-state index contributed by atoms with van der Waals surface area (Å²) in [6.45, 7) is 4.31. The summed E-state index contributed by atoms with van der Waals surface area (Å²) in [4.78, 5) is 0. The first-order valence-electron chi connectivity index (χ1n) is 6.30. The van der Waals surface area contributed by atoms with E-state index in [1.54, 1.807) is 12.1 Å². The highest BCUT2D eigenvalue weighted by Crippen LogP contribution is 2.52. The second-order valence-corrected chi connectivity index (χ2v) is 6.14. The third kappa shape index (κ3) is 2.21. The van der Waals surface area contributed by atoms with E-state index in [0.717, 1.165) is 19.3 Å². The van der Waals surface area contributed by atoms with Gasteiger partial charge in [-0.05, 0) is 25.0 Å². The average Bonchev–Trinajstić information content (AvgIpc) is 2.34. The highest BCUT2D eigenvalue weighted by molar-refractivity contribution is 6.37. The Kier molecular flexibility index (Phi) is 4.36. The summed E-state index contributed by atoms with van der Waals surface area (Å²) in [5.74, 6) is 0.584. The van der Waals surface area contributed by atoms with Crippen LogP contribution in [0.1, 0.15) is 33.1 Å². The molecule has 1 aliphatic carbocycles. The van der Waals surface area contributed by atoms with E-state index in [4.69, 9.17) is 39.5 Å². The standard InChI is InChI=1S/C14H17Cl3O/c1-3-14(4-2)11(17)8-12(14)18-13-9(15)6-5-7-10(13)16/h5-7,11-12H,3-4,8H2,1-2H3. The predicted molar refractivity (Wildman–Crippen MR) is 78.2 cm³/mol. The first-order chi connectivity index (χ1) is 8.55. The molecule has 0 radical (unpaired) electrons. The molecule has 0 aromatic heterocycles. The number of rotatable bonds is 4. The fraction of sp³-hybridized carbons (Fsp3) is 0.571. The van der Waals surface area contributed by atoms with Crippen molar-refractivity contribution in [3.8, 4) is 5.75 Å².